The van der Waals surface area contributed by atoms with E-state index in [-0.39, 0.29) is 12.1 Å². The van der Waals surface area contributed by atoms with Gasteiger partial charge in [-0.25, -0.2) is 9.59 Å². The van der Waals surface area contributed by atoms with Gasteiger partial charge >= 0.3 is 11.9 Å². The van der Waals surface area contributed by atoms with Gasteiger partial charge in [-0.05, 0) is 45.0 Å². The first-order valence-corrected chi connectivity index (χ1v) is 9.77. The summed E-state index contributed by atoms with van der Waals surface area (Å²) < 4.78 is 5.75. The molecule has 0 radical (unpaired) electrons. The van der Waals surface area contributed by atoms with E-state index in [1.54, 1.807) is 12.4 Å². The largest absolute Gasteiger partial charge is 0.490 e. The highest BCUT2D eigenvalue weighted by atomic mass is 16.5. The lowest BCUT2D eigenvalue weighted by molar-refractivity contribution is -0.134. The van der Waals surface area contributed by atoms with Gasteiger partial charge in [-0.3, -0.25) is 4.98 Å². The minimum absolute atomic E-state index is 0.0328. The highest BCUT2D eigenvalue weighted by Gasteiger charge is 2.13. The molecule has 1 unspecified atom stereocenters. The fraction of sp³-hybridized carbons (Fsp3) is 0.292. The van der Waals surface area contributed by atoms with Crippen LogP contribution in [0.5, 0.6) is 5.75 Å². The molecule has 1 heterocycles. The van der Waals surface area contributed by atoms with E-state index in [4.69, 9.17) is 14.9 Å². The maximum absolute atomic E-state index is 10.0. The number of nitrogens with zero attached hydrogens (tertiary/aromatic N) is 1. The van der Waals surface area contributed by atoms with E-state index >= 15 is 0 Å². The van der Waals surface area contributed by atoms with Crippen molar-refractivity contribution in [3.05, 3.63) is 72.1 Å². The summed E-state index contributed by atoms with van der Waals surface area (Å²) in [6.45, 7) is 6.88. The molecule has 0 aliphatic heterocycles. The second kappa shape index (κ2) is 13.6. The SMILES string of the molecule is CC(C)(C)NCC(O)COc1ccccc1C#Cc1ccncc1.O=C(O)C=CC(=O)O. The number of carboxylic acids is 2. The molecule has 8 nitrogen and oxygen atoms in total. The molecule has 0 saturated carbocycles. The first-order chi connectivity index (χ1) is 15.1. The number of aromatic nitrogens is 1. The Morgan fingerprint density at radius 3 is 2.22 bits per heavy atom. The van der Waals surface area contributed by atoms with Crippen LogP contribution < -0.4 is 10.1 Å². The molecule has 1 aromatic heterocycles. The zero-order chi connectivity index (χ0) is 24.0. The number of β-amino-alcohol motifs (C(OH)–C–C–N with tert-alkyl or cyclic N) is 1. The van der Waals surface area contributed by atoms with Crippen molar-refractivity contribution < 1.29 is 29.6 Å². The fourth-order valence-electron chi connectivity index (χ4n) is 2.08. The highest BCUT2D eigenvalue weighted by Crippen LogP contribution is 2.17. The summed E-state index contributed by atoms with van der Waals surface area (Å²) >= 11 is 0. The van der Waals surface area contributed by atoms with Crippen LogP contribution in [0.2, 0.25) is 0 Å². The Morgan fingerprint density at radius 2 is 1.66 bits per heavy atom. The number of hydrogen-bond acceptors (Lipinski definition) is 6. The second-order valence-corrected chi connectivity index (χ2v) is 7.59. The Morgan fingerprint density at radius 1 is 1.06 bits per heavy atom. The summed E-state index contributed by atoms with van der Waals surface area (Å²) in [4.78, 5) is 23.1. The van der Waals surface area contributed by atoms with Crippen molar-refractivity contribution in [2.45, 2.75) is 32.4 Å². The fourth-order valence-corrected chi connectivity index (χ4v) is 2.08. The molecule has 0 spiro atoms. The van der Waals surface area contributed by atoms with Crippen molar-refractivity contribution in [3.63, 3.8) is 0 Å². The lowest BCUT2D eigenvalue weighted by Crippen LogP contribution is -2.42. The molecular formula is C24H28N2O6. The maximum Gasteiger partial charge on any atom is 0.328 e. The number of aliphatic hydroxyl groups is 1. The zero-order valence-electron chi connectivity index (χ0n) is 18.3. The monoisotopic (exact) mass is 440 g/mol. The Kier molecular flexibility index (Phi) is 11.2. The molecule has 0 saturated heterocycles. The molecule has 32 heavy (non-hydrogen) atoms. The molecule has 0 bridgehead atoms. The van der Waals surface area contributed by atoms with E-state index in [1.165, 1.54) is 0 Å². The second-order valence-electron chi connectivity index (χ2n) is 7.59. The van der Waals surface area contributed by atoms with Crippen LogP contribution >= 0.6 is 0 Å². The van der Waals surface area contributed by atoms with E-state index in [2.05, 4.69) is 42.9 Å². The molecule has 0 aliphatic carbocycles. The van der Waals surface area contributed by atoms with Crippen LogP contribution in [-0.2, 0) is 9.59 Å². The number of pyridine rings is 1. The standard InChI is InChI=1S/C20H24N2O2.C4H4O4/c1-20(2,3)22-14-18(23)15-24-19-7-5-4-6-17(19)9-8-16-10-12-21-13-11-16;5-3(6)1-2-4(7)8/h4-7,10-13,18,22-23H,14-15H2,1-3H3;1-2H,(H,5,6)(H,7,8). The topological polar surface area (TPSA) is 129 Å². The number of nitrogens with one attached hydrogen (secondary N) is 1. The number of benzene rings is 1. The van der Waals surface area contributed by atoms with Crippen LogP contribution in [0.25, 0.3) is 0 Å². The van der Waals surface area contributed by atoms with Gasteiger partial charge in [0.25, 0.3) is 0 Å². The number of aliphatic hydroxyl groups excluding tert-OH is 1. The summed E-state index contributed by atoms with van der Waals surface area (Å²) in [6, 6.07) is 11.3. The molecule has 0 amide bonds. The van der Waals surface area contributed by atoms with E-state index in [1.807, 2.05) is 36.4 Å². The average molecular weight is 440 g/mol. The minimum Gasteiger partial charge on any atom is -0.490 e. The number of aliphatic carboxylic acids is 2. The van der Waals surface area contributed by atoms with Gasteiger partial charge in [-0.15, -0.1) is 0 Å². The third kappa shape index (κ3) is 12.8. The molecule has 0 fully saturated rings. The van der Waals surface area contributed by atoms with Gasteiger partial charge in [0.1, 0.15) is 18.5 Å². The summed E-state index contributed by atoms with van der Waals surface area (Å²) in [6.07, 6.45) is 3.96. The first-order valence-electron chi connectivity index (χ1n) is 9.77. The lowest BCUT2D eigenvalue weighted by Gasteiger charge is -2.23. The van der Waals surface area contributed by atoms with Gasteiger partial charge in [0.15, 0.2) is 0 Å². The van der Waals surface area contributed by atoms with Crippen molar-refractivity contribution in [2.24, 2.45) is 0 Å². The number of para-hydroxylation sites is 1. The maximum atomic E-state index is 10.0. The Bertz CT molecular complexity index is 940. The molecule has 0 aliphatic rings. The van der Waals surface area contributed by atoms with Gasteiger partial charge < -0.3 is 25.4 Å². The quantitative estimate of drug-likeness (QED) is 0.381. The number of rotatable bonds is 7. The number of carbonyl (C=O) groups is 2. The van der Waals surface area contributed by atoms with Gasteiger partial charge in [-0.2, -0.15) is 0 Å². The third-order valence-corrected chi connectivity index (χ3v) is 3.58. The van der Waals surface area contributed by atoms with Crippen molar-refractivity contribution in [1.82, 2.24) is 10.3 Å². The van der Waals surface area contributed by atoms with Gasteiger partial charge in [0.2, 0.25) is 0 Å². The normalized spacial score (nSPS) is 11.5. The van der Waals surface area contributed by atoms with Crippen LogP contribution in [0, 0.1) is 11.8 Å². The summed E-state index contributed by atoms with van der Waals surface area (Å²) in [7, 11) is 0. The van der Waals surface area contributed by atoms with Crippen molar-refractivity contribution >= 4 is 11.9 Å². The van der Waals surface area contributed by atoms with Crippen LogP contribution in [0.1, 0.15) is 31.9 Å². The lowest BCUT2D eigenvalue weighted by atomic mass is 10.1. The average Bonchev–Trinajstić information content (AvgIpc) is 2.74. The van der Waals surface area contributed by atoms with Crippen LogP contribution in [0.3, 0.4) is 0 Å². The summed E-state index contributed by atoms with van der Waals surface area (Å²) in [5, 5.41) is 28.9. The van der Waals surface area contributed by atoms with E-state index in [0.29, 0.717) is 24.4 Å². The summed E-state index contributed by atoms with van der Waals surface area (Å²) in [5.41, 5.74) is 1.66. The zero-order valence-corrected chi connectivity index (χ0v) is 18.3. The minimum atomic E-state index is -1.26. The van der Waals surface area contributed by atoms with Crippen molar-refractivity contribution in [2.75, 3.05) is 13.2 Å². The number of ether oxygens (including phenoxy) is 1. The number of carboxylic acid groups (broad SMARTS) is 2. The molecule has 1 atom stereocenters. The van der Waals surface area contributed by atoms with Crippen molar-refractivity contribution in [1.29, 1.82) is 0 Å². The predicted molar refractivity (Wildman–Crippen MR) is 120 cm³/mol. The molecule has 8 heteroatoms. The smallest absolute Gasteiger partial charge is 0.328 e. The van der Waals surface area contributed by atoms with Crippen LogP contribution in [0.15, 0.2) is 60.9 Å². The first kappa shape index (κ1) is 26.4. The van der Waals surface area contributed by atoms with Gasteiger partial charge in [0, 0.05) is 42.2 Å². The van der Waals surface area contributed by atoms with Gasteiger partial charge in [-0.1, -0.05) is 24.0 Å². The molecule has 2 rings (SSSR count). The Balaban J connectivity index is 0.000000547. The van der Waals surface area contributed by atoms with E-state index in [0.717, 1.165) is 11.1 Å². The van der Waals surface area contributed by atoms with E-state index < -0.39 is 18.0 Å². The van der Waals surface area contributed by atoms with Gasteiger partial charge in [0.05, 0.1) is 5.56 Å². The summed E-state index contributed by atoms with van der Waals surface area (Å²) in [5.74, 6) is 4.36. The predicted octanol–water partition coefficient (Wildman–Crippen LogP) is 2.32. The highest BCUT2D eigenvalue weighted by molar-refractivity contribution is 5.89. The Labute approximate surface area is 187 Å². The van der Waals surface area contributed by atoms with Crippen LogP contribution in [0.4, 0.5) is 0 Å². The third-order valence-electron chi connectivity index (χ3n) is 3.58. The molecule has 170 valence electrons. The number of hydrogen-bond donors (Lipinski definition) is 4. The molecule has 2 aromatic rings. The van der Waals surface area contributed by atoms with E-state index in [9.17, 15) is 14.7 Å². The molecular weight excluding hydrogens is 412 g/mol. The molecule has 1 aromatic carbocycles. The van der Waals surface area contributed by atoms with Crippen LogP contribution in [-0.4, -0.2) is 57.0 Å². The van der Waals surface area contributed by atoms with Crippen molar-refractivity contribution in [3.8, 4) is 17.6 Å². The Hall–Kier alpha value is -3.67. The molecule has 4 N–H and O–H groups in total.